The highest BCUT2D eigenvalue weighted by atomic mass is 16.7. The monoisotopic (exact) mass is 526 g/mol. The highest BCUT2D eigenvalue weighted by Gasteiger charge is 2.92. The molecule has 1 spiro atoms. The van der Waals surface area contributed by atoms with Gasteiger partial charge in [-0.15, -0.1) is 0 Å². The molecular formula is C28H30O10. The number of Topliss-reactive ketones (excluding diaryl/α,β-unsaturated/α-hetero) is 1. The normalized spacial score (nSPS) is 56.2. The Morgan fingerprint density at radius 3 is 2.53 bits per heavy atom. The number of fused-ring (bicyclic) bond motifs is 9. The zero-order valence-corrected chi connectivity index (χ0v) is 21.4. The van der Waals surface area contributed by atoms with Gasteiger partial charge in [0.05, 0.1) is 23.4 Å². The number of hydrogen-bond donors (Lipinski definition) is 3. The van der Waals surface area contributed by atoms with Crippen molar-refractivity contribution < 1.29 is 48.7 Å². The first-order valence-electron chi connectivity index (χ1n) is 13.1. The number of carbonyl (C=O) groups is 4. The van der Waals surface area contributed by atoms with Gasteiger partial charge in [0.2, 0.25) is 5.79 Å². The molecule has 0 radical (unpaired) electrons. The molecule has 11 atom stereocenters. The first-order chi connectivity index (χ1) is 17.6. The molecule has 1 saturated carbocycles. The standard InChI is InChI=1S/C28H30O10/c1-12-21(32)36-17-11-23(12,2)19-20(31)27(35)18-14(24(3)13(10-15(18)29)6-5-7-16(24)30)8-9-26(34)22(33)37-25(17,4)28(19,26)38-27/h5,7,10,14-15,17-19,29,34-35H,1,6,8-9,11H2,2-4H3/t14?,15?,17-,18+,19?,23-,24+,25?,26?,27+,28?/m1/s1. The van der Waals surface area contributed by atoms with E-state index in [4.69, 9.17) is 14.2 Å². The lowest BCUT2D eigenvalue weighted by Gasteiger charge is -2.60. The zero-order valence-electron chi connectivity index (χ0n) is 21.4. The third-order valence-electron chi connectivity index (χ3n) is 11.3. The van der Waals surface area contributed by atoms with Crippen LogP contribution in [0.3, 0.4) is 0 Å². The van der Waals surface area contributed by atoms with E-state index in [0.717, 1.165) is 0 Å². The van der Waals surface area contributed by atoms with Crippen LogP contribution in [0.25, 0.3) is 0 Å². The second-order valence-electron chi connectivity index (χ2n) is 12.7. The van der Waals surface area contributed by atoms with Gasteiger partial charge in [0.15, 0.2) is 28.4 Å². The molecule has 0 aromatic heterocycles. The molecule has 0 aromatic carbocycles. The Morgan fingerprint density at radius 2 is 1.82 bits per heavy atom. The first kappa shape index (κ1) is 24.4. The number of allylic oxidation sites excluding steroid dienone is 3. The van der Waals surface area contributed by atoms with Crippen molar-refractivity contribution in [1.29, 1.82) is 0 Å². The van der Waals surface area contributed by atoms with Crippen LogP contribution in [-0.2, 0) is 33.4 Å². The molecule has 38 heavy (non-hydrogen) atoms. The van der Waals surface area contributed by atoms with Crippen molar-refractivity contribution in [2.75, 3.05) is 0 Å². The summed E-state index contributed by atoms with van der Waals surface area (Å²) < 4.78 is 17.8. The Morgan fingerprint density at radius 1 is 1.11 bits per heavy atom. The van der Waals surface area contributed by atoms with Gasteiger partial charge in [-0.1, -0.05) is 31.2 Å². The van der Waals surface area contributed by atoms with Gasteiger partial charge in [-0.3, -0.25) is 9.59 Å². The molecule has 3 N–H and O–H groups in total. The van der Waals surface area contributed by atoms with E-state index in [1.54, 1.807) is 19.9 Å². The van der Waals surface area contributed by atoms with Gasteiger partial charge in [-0.25, -0.2) is 9.59 Å². The van der Waals surface area contributed by atoms with Gasteiger partial charge in [0.1, 0.15) is 6.10 Å². The number of ketones is 2. The molecule has 7 rings (SSSR count). The smallest absolute Gasteiger partial charge is 0.342 e. The number of hydrogen-bond acceptors (Lipinski definition) is 10. The molecule has 10 nitrogen and oxygen atoms in total. The minimum Gasteiger partial charge on any atom is -0.455 e. The lowest BCUT2D eigenvalue weighted by Crippen LogP contribution is -2.77. The maximum absolute atomic E-state index is 14.6. The molecule has 4 saturated heterocycles. The van der Waals surface area contributed by atoms with Crippen LogP contribution in [0.5, 0.6) is 0 Å². The van der Waals surface area contributed by atoms with Crippen LogP contribution in [0.1, 0.15) is 46.5 Å². The van der Waals surface area contributed by atoms with E-state index in [2.05, 4.69) is 6.58 Å². The summed E-state index contributed by atoms with van der Waals surface area (Å²) in [6, 6.07) is 0. The van der Waals surface area contributed by atoms with Crippen molar-refractivity contribution in [2.45, 2.75) is 81.3 Å². The average Bonchev–Trinajstić information content (AvgIpc) is 3.19. The molecule has 4 bridgehead atoms. The fourth-order valence-electron chi connectivity index (χ4n) is 9.26. The van der Waals surface area contributed by atoms with E-state index in [9.17, 15) is 34.5 Å². The number of aliphatic hydroxyl groups excluding tert-OH is 1. The maximum atomic E-state index is 14.6. The van der Waals surface area contributed by atoms with Crippen LogP contribution in [0.15, 0.2) is 36.0 Å². The SMILES string of the molecule is C=C1C(=O)O[C@@H]2C[C@@]1(C)C1C(=O)[C@@]3(O)OC14C(O)(CCC1[C@H]3C(O)C=C3CC=CC(=O)[C@@]31C)C(=O)OC24C. The quantitative estimate of drug-likeness (QED) is 0.230. The summed E-state index contributed by atoms with van der Waals surface area (Å²) in [5.41, 5.74) is -8.34. The molecule has 4 aliphatic heterocycles. The summed E-state index contributed by atoms with van der Waals surface area (Å²) in [6.45, 7) is 8.65. The van der Waals surface area contributed by atoms with Gasteiger partial charge in [0.25, 0.3) is 0 Å². The summed E-state index contributed by atoms with van der Waals surface area (Å²) in [6.07, 6.45) is 2.38. The molecule has 10 heteroatoms. The minimum absolute atomic E-state index is 0.00631. The van der Waals surface area contributed by atoms with Crippen LogP contribution in [0.4, 0.5) is 0 Å². The van der Waals surface area contributed by atoms with Gasteiger partial charge >= 0.3 is 11.9 Å². The van der Waals surface area contributed by atoms with Crippen molar-refractivity contribution >= 4 is 23.5 Å². The fourth-order valence-corrected chi connectivity index (χ4v) is 9.26. The largest absolute Gasteiger partial charge is 0.455 e. The number of aliphatic hydroxyl groups is 3. The predicted octanol–water partition coefficient (Wildman–Crippen LogP) is 0.430. The molecule has 4 heterocycles. The highest BCUT2D eigenvalue weighted by molar-refractivity contribution is 6.02. The van der Waals surface area contributed by atoms with Crippen molar-refractivity contribution in [3.8, 4) is 0 Å². The number of carbonyl (C=O) groups excluding carboxylic acids is 4. The van der Waals surface area contributed by atoms with Crippen LogP contribution >= 0.6 is 0 Å². The van der Waals surface area contributed by atoms with E-state index < -0.39 is 81.1 Å². The third kappa shape index (κ3) is 2.15. The number of rotatable bonds is 0. The topological polar surface area (TPSA) is 157 Å². The van der Waals surface area contributed by atoms with Crippen molar-refractivity contribution in [3.05, 3.63) is 36.0 Å². The van der Waals surface area contributed by atoms with E-state index >= 15 is 0 Å². The summed E-state index contributed by atoms with van der Waals surface area (Å²) in [5.74, 6) is -9.26. The third-order valence-corrected chi connectivity index (χ3v) is 11.3. The Bertz CT molecular complexity index is 1350. The average molecular weight is 527 g/mol. The van der Waals surface area contributed by atoms with Crippen molar-refractivity contribution in [3.63, 3.8) is 0 Å². The molecule has 3 aliphatic carbocycles. The van der Waals surface area contributed by atoms with Gasteiger partial charge in [0, 0.05) is 11.0 Å². The summed E-state index contributed by atoms with van der Waals surface area (Å²) in [5, 5.41) is 36.0. The Balaban J connectivity index is 1.52. The van der Waals surface area contributed by atoms with Gasteiger partial charge in [-0.2, -0.15) is 0 Å². The minimum atomic E-state index is -2.71. The van der Waals surface area contributed by atoms with Gasteiger partial charge < -0.3 is 29.5 Å². The van der Waals surface area contributed by atoms with E-state index in [1.807, 2.05) is 0 Å². The van der Waals surface area contributed by atoms with Crippen LogP contribution < -0.4 is 0 Å². The predicted molar refractivity (Wildman–Crippen MR) is 126 cm³/mol. The van der Waals surface area contributed by atoms with Crippen LogP contribution in [0, 0.1) is 28.6 Å². The summed E-state index contributed by atoms with van der Waals surface area (Å²) >= 11 is 0. The molecule has 5 fully saturated rings. The molecular weight excluding hydrogens is 496 g/mol. The first-order valence-corrected chi connectivity index (χ1v) is 13.1. The lowest BCUT2D eigenvalue weighted by atomic mass is 9.47. The molecule has 7 aliphatic rings. The van der Waals surface area contributed by atoms with E-state index in [1.165, 1.54) is 19.1 Å². The molecule has 0 amide bonds. The summed E-state index contributed by atoms with van der Waals surface area (Å²) in [7, 11) is 0. The zero-order chi connectivity index (χ0) is 27.4. The number of esters is 2. The van der Waals surface area contributed by atoms with Crippen molar-refractivity contribution in [1.82, 2.24) is 0 Å². The molecule has 202 valence electrons. The Kier molecular flexibility index (Phi) is 4.20. The molecule has 6 unspecified atom stereocenters. The van der Waals surface area contributed by atoms with Crippen LogP contribution in [0.2, 0.25) is 0 Å². The second-order valence-corrected chi connectivity index (χ2v) is 12.7. The summed E-state index contributed by atoms with van der Waals surface area (Å²) in [4.78, 5) is 54.4. The highest BCUT2D eigenvalue weighted by Crippen LogP contribution is 2.73. The van der Waals surface area contributed by atoms with E-state index in [0.29, 0.717) is 12.0 Å². The van der Waals surface area contributed by atoms with Crippen molar-refractivity contribution in [2.24, 2.45) is 28.6 Å². The second kappa shape index (κ2) is 6.55. The maximum Gasteiger partial charge on any atom is 0.342 e. The van der Waals surface area contributed by atoms with E-state index in [-0.39, 0.29) is 30.6 Å². The fraction of sp³-hybridized carbons (Fsp3) is 0.643. The number of ether oxygens (including phenoxy) is 3. The van der Waals surface area contributed by atoms with Gasteiger partial charge in [-0.05, 0) is 51.5 Å². The Labute approximate surface area is 218 Å². The Hall–Kier alpha value is -2.66. The van der Waals surface area contributed by atoms with Crippen LogP contribution in [-0.4, -0.2) is 73.6 Å². The lowest BCUT2D eigenvalue weighted by molar-refractivity contribution is -0.344. The molecule has 0 aromatic rings.